The van der Waals surface area contributed by atoms with Crippen molar-refractivity contribution in [1.29, 1.82) is 0 Å². The molecule has 0 bridgehead atoms. The fourth-order valence-electron chi connectivity index (χ4n) is 3.89. The van der Waals surface area contributed by atoms with Gasteiger partial charge in [-0.3, -0.25) is 0 Å². The highest BCUT2D eigenvalue weighted by Gasteiger charge is 2.26. The summed E-state index contributed by atoms with van der Waals surface area (Å²) in [7, 11) is 0. The highest BCUT2D eigenvalue weighted by atomic mass is 32.2. The Kier molecular flexibility index (Phi) is 6.58. The first-order valence-corrected chi connectivity index (χ1v) is 12.3. The van der Waals surface area contributed by atoms with Crippen molar-refractivity contribution in [3.05, 3.63) is 46.6 Å². The lowest BCUT2D eigenvalue weighted by atomic mass is 10.00. The molecule has 5 nitrogen and oxygen atoms in total. The number of fused-ring (bicyclic) bond motifs is 1. The summed E-state index contributed by atoms with van der Waals surface area (Å²) in [4.78, 5) is 27.4. The predicted octanol–water partition coefficient (Wildman–Crippen LogP) is 5.71. The van der Waals surface area contributed by atoms with Crippen LogP contribution in [0.3, 0.4) is 0 Å². The Morgan fingerprint density at radius 2 is 2.10 bits per heavy atom. The molecule has 4 rings (SSSR count). The Morgan fingerprint density at radius 3 is 2.83 bits per heavy atom. The summed E-state index contributed by atoms with van der Waals surface area (Å²) in [6.07, 6.45) is 2.41. The monoisotopic (exact) mass is 441 g/mol. The first-order valence-electron chi connectivity index (χ1n) is 10.5. The van der Waals surface area contributed by atoms with Crippen molar-refractivity contribution in [3.8, 4) is 0 Å². The summed E-state index contributed by atoms with van der Waals surface area (Å²) in [5.41, 5.74) is 0.934. The van der Waals surface area contributed by atoms with E-state index in [1.807, 2.05) is 32.0 Å². The molecule has 1 aliphatic heterocycles. The van der Waals surface area contributed by atoms with E-state index in [2.05, 4.69) is 24.0 Å². The Hall–Kier alpha value is -2.12. The van der Waals surface area contributed by atoms with Gasteiger partial charge in [0.2, 0.25) is 0 Å². The minimum atomic E-state index is -0.267. The Balaban J connectivity index is 1.74. The van der Waals surface area contributed by atoms with Crippen LogP contribution in [0.1, 0.15) is 47.7 Å². The van der Waals surface area contributed by atoms with Crippen molar-refractivity contribution in [2.75, 3.05) is 24.6 Å². The maximum Gasteiger partial charge on any atom is 0.348 e. The van der Waals surface area contributed by atoms with Crippen LogP contribution in [0.4, 0.5) is 5.82 Å². The third-order valence-electron chi connectivity index (χ3n) is 5.35. The lowest BCUT2D eigenvalue weighted by Gasteiger charge is -2.32. The average molecular weight is 442 g/mol. The van der Waals surface area contributed by atoms with Crippen LogP contribution in [0.2, 0.25) is 0 Å². The second kappa shape index (κ2) is 9.35. The minimum absolute atomic E-state index is 0.267. The number of carbonyl (C=O) groups is 1. The summed E-state index contributed by atoms with van der Waals surface area (Å²) < 4.78 is 5.28. The van der Waals surface area contributed by atoms with Crippen LogP contribution in [0, 0.1) is 12.8 Å². The second-order valence-corrected chi connectivity index (χ2v) is 9.76. The number of piperidine rings is 1. The summed E-state index contributed by atoms with van der Waals surface area (Å²) in [6.45, 7) is 8.46. The Bertz CT molecular complexity index is 1040. The Labute approximate surface area is 185 Å². The zero-order valence-corrected chi connectivity index (χ0v) is 19.3. The number of thiophene rings is 1. The van der Waals surface area contributed by atoms with E-state index in [9.17, 15) is 4.79 Å². The quantitative estimate of drug-likeness (QED) is 0.361. The van der Waals surface area contributed by atoms with Crippen molar-refractivity contribution in [2.24, 2.45) is 5.92 Å². The molecular weight excluding hydrogens is 414 g/mol. The summed E-state index contributed by atoms with van der Waals surface area (Å²) >= 11 is 3.16. The van der Waals surface area contributed by atoms with Crippen molar-refractivity contribution < 1.29 is 9.53 Å². The SMILES string of the molecule is CCOC(=O)c1sc2nc(CSc3ccccc3)nc(N3CCCC(C)C3)c2c1C. The van der Waals surface area contributed by atoms with Gasteiger partial charge in [-0.25, -0.2) is 14.8 Å². The smallest absolute Gasteiger partial charge is 0.348 e. The van der Waals surface area contributed by atoms with E-state index in [-0.39, 0.29) is 5.97 Å². The molecule has 7 heteroatoms. The number of aromatic nitrogens is 2. The fourth-order valence-corrected chi connectivity index (χ4v) is 5.75. The van der Waals surface area contributed by atoms with E-state index in [4.69, 9.17) is 14.7 Å². The maximum atomic E-state index is 12.5. The zero-order chi connectivity index (χ0) is 21.1. The number of hydrogen-bond donors (Lipinski definition) is 0. The van der Waals surface area contributed by atoms with Gasteiger partial charge in [-0.2, -0.15) is 0 Å². The summed E-state index contributed by atoms with van der Waals surface area (Å²) in [6, 6.07) is 10.3. The van der Waals surface area contributed by atoms with Gasteiger partial charge in [-0.1, -0.05) is 25.1 Å². The number of benzene rings is 1. The van der Waals surface area contributed by atoms with E-state index in [1.54, 1.807) is 11.8 Å². The van der Waals surface area contributed by atoms with Gasteiger partial charge in [0, 0.05) is 18.0 Å². The van der Waals surface area contributed by atoms with Crippen molar-refractivity contribution >= 4 is 45.1 Å². The van der Waals surface area contributed by atoms with E-state index in [1.165, 1.54) is 22.7 Å². The van der Waals surface area contributed by atoms with Gasteiger partial charge in [0.1, 0.15) is 21.3 Å². The largest absolute Gasteiger partial charge is 0.462 e. The molecule has 3 aromatic rings. The molecule has 3 heterocycles. The zero-order valence-electron chi connectivity index (χ0n) is 17.7. The number of aryl methyl sites for hydroxylation is 1. The molecule has 2 aromatic heterocycles. The van der Waals surface area contributed by atoms with Gasteiger partial charge >= 0.3 is 5.97 Å². The van der Waals surface area contributed by atoms with Crippen LogP contribution in [-0.2, 0) is 10.5 Å². The molecule has 0 amide bonds. The molecule has 0 aliphatic carbocycles. The Morgan fingerprint density at radius 1 is 1.30 bits per heavy atom. The van der Waals surface area contributed by atoms with E-state index >= 15 is 0 Å². The van der Waals surface area contributed by atoms with Gasteiger partial charge in [0.25, 0.3) is 0 Å². The highest BCUT2D eigenvalue weighted by molar-refractivity contribution is 7.98. The number of nitrogens with zero attached hydrogens (tertiary/aromatic N) is 3. The van der Waals surface area contributed by atoms with E-state index in [0.29, 0.717) is 23.2 Å². The summed E-state index contributed by atoms with van der Waals surface area (Å²) in [5.74, 6) is 2.84. The number of carbonyl (C=O) groups excluding carboxylic acids is 1. The van der Waals surface area contributed by atoms with Gasteiger partial charge < -0.3 is 9.64 Å². The third kappa shape index (κ3) is 4.47. The van der Waals surface area contributed by atoms with Crippen LogP contribution >= 0.6 is 23.1 Å². The molecule has 1 aromatic carbocycles. The molecule has 158 valence electrons. The lowest BCUT2D eigenvalue weighted by Crippen LogP contribution is -2.35. The predicted molar refractivity (Wildman–Crippen MR) is 125 cm³/mol. The molecular formula is C23H27N3O2S2. The van der Waals surface area contributed by atoms with Crippen LogP contribution in [0.15, 0.2) is 35.2 Å². The average Bonchev–Trinajstić information content (AvgIpc) is 3.09. The molecule has 1 saturated heterocycles. The highest BCUT2D eigenvalue weighted by Crippen LogP contribution is 2.38. The van der Waals surface area contributed by atoms with Gasteiger partial charge in [0.05, 0.1) is 17.7 Å². The molecule has 1 unspecified atom stereocenters. The molecule has 0 spiro atoms. The first-order chi connectivity index (χ1) is 14.6. The molecule has 0 saturated carbocycles. The van der Waals surface area contributed by atoms with Gasteiger partial charge in [-0.15, -0.1) is 23.1 Å². The number of hydrogen-bond acceptors (Lipinski definition) is 7. The van der Waals surface area contributed by atoms with Crippen LogP contribution in [-0.4, -0.2) is 35.6 Å². The molecule has 30 heavy (non-hydrogen) atoms. The van der Waals surface area contributed by atoms with Crippen LogP contribution < -0.4 is 4.90 Å². The van der Waals surface area contributed by atoms with Crippen LogP contribution in [0.25, 0.3) is 10.2 Å². The molecule has 0 N–H and O–H groups in total. The first kappa shape index (κ1) is 21.1. The number of ether oxygens (including phenoxy) is 1. The van der Waals surface area contributed by atoms with Gasteiger partial charge in [0.15, 0.2) is 0 Å². The number of esters is 1. The van der Waals surface area contributed by atoms with Crippen molar-refractivity contribution in [1.82, 2.24) is 9.97 Å². The standard InChI is InChI=1S/C23H27N3O2S2/c1-4-28-23(27)20-16(3)19-21(26-12-8-9-15(2)13-26)24-18(25-22(19)30-20)14-29-17-10-6-5-7-11-17/h5-7,10-11,15H,4,8-9,12-14H2,1-3H3. The van der Waals surface area contributed by atoms with Crippen molar-refractivity contribution in [2.45, 2.75) is 44.3 Å². The van der Waals surface area contributed by atoms with Gasteiger partial charge in [-0.05, 0) is 50.3 Å². The molecule has 1 atom stereocenters. The fraction of sp³-hybridized carbons (Fsp3) is 0.435. The molecule has 1 fully saturated rings. The lowest BCUT2D eigenvalue weighted by molar-refractivity contribution is 0.0531. The number of rotatable bonds is 6. The topological polar surface area (TPSA) is 55.3 Å². The van der Waals surface area contributed by atoms with Crippen LogP contribution in [0.5, 0.6) is 0 Å². The molecule has 1 aliphatic rings. The van der Waals surface area contributed by atoms with E-state index in [0.717, 1.165) is 46.9 Å². The number of anilines is 1. The minimum Gasteiger partial charge on any atom is -0.462 e. The molecule has 0 radical (unpaired) electrons. The number of thioether (sulfide) groups is 1. The van der Waals surface area contributed by atoms with Crippen molar-refractivity contribution in [3.63, 3.8) is 0 Å². The normalized spacial score (nSPS) is 16.8. The maximum absolute atomic E-state index is 12.5. The second-order valence-electron chi connectivity index (χ2n) is 7.72. The summed E-state index contributed by atoms with van der Waals surface area (Å²) in [5, 5.41) is 1.01. The third-order valence-corrected chi connectivity index (χ3v) is 7.52. The van der Waals surface area contributed by atoms with E-state index < -0.39 is 0 Å².